The molecule has 3 aromatic rings. The third kappa shape index (κ3) is 4.91. The van der Waals surface area contributed by atoms with Crippen molar-refractivity contribution in [1.29, 1.82) is 5.26 Å². The molecule has 0 bridgehead atoms. The van der Waals surface area contributed by atoms with E-state index in [0.717, 1.165) is 5.56 Å². The van der Waals surface area contributed by atoms with Crippen LogP contribution in [0.25, 0.3) is 0 Å². The van der Waals surface area contributed by atoms with Gasteiger partial charge in [-0.15, -0.1) is 0 Å². The SMILES string of the molecule is CCOc1ccc(C2C(C#N)=C(N)Oc3cc(OC(=O)c4cccc(OC)c4)ccc32)cc1OCC. The van der Waals surface area contributed by atoms with Gasteiger partial charge in [0, 0.05) is 11.6 Å². The van der Waals surface area contributed by atoms with E-state index < -0.39 is 11.9 Å². The van der Waals surface area contributed by atoms with E-state index in [-0.39, 0.29) is 17.2 Å². The van der Waals surface area contributed by atoms with Crippen LogP contribution in [0.1, 0.15) is 41.3 Å². The summed E-state index contributed by atoms with van der Waals surface area (Å²) in [6.45, 7) is 4.74. The van der Waals surface area contributed by atoms with Crippen LogP contribution in [-0.2, 0) is 0 Å². The summed E-state index contributed by atoms with van der Waals surface area (Å²) in [6, 6.07) is 19.4. The van der Waals surface area contributed by atoms with E-state index in [1.165, 1.54) is 7.11 Å². The molecule has 1 atom stereocenters. The molecular weight excluding hydrogens is 460 g/mol. The minimum atomic E-state index is -0.546. The lowest BCUT2D eigenvalue weighted by atomic mass is 9.83. The Morgan fingerprint density at radius 1 is 1.00 bits per heavy atom. The Kier molecular flexibility index (Phi) is 7.31. The quantitative estimate of drug-likeness (QED) is 0.352. The van der Waals surface area contributed by atoms with Crippen molar-refractivity contribution in [2.75, 3.05) is 20.3 Å². The Morgan fingerprint density at radius 2 is 1.78 bits per heavy atom. The summed E-state index contributed by atoms with van der Waals surface area (Å²) >= 11 is 0. The molecule has 3 aromatic carbocycles. The molecule has 1 aliphatic rings. The molecule has 184 valence electrons. The molecule has 0 fully saturated rings. The van der Waals surface area contributed by atoms with Crippen LogP contribution in [-0.4, -0.2) is 26.3 Å². The Bertz CT molecular complexity index is 1360. The normalized spacial score (nSPS) is 14.2. The third-order valence-corrected chi connectivity index (χ3v) is 5.61. The molecule has 0 spiro atoms. The number of hydrogen-bond acceptors (Lipinski definition) is 8. The maximum absolute atomic E-state index is 12.7. The van der Waals surface area contributed by atoms with Gasteiger partial charge in [-0.2, -0.15) is 5.26 Å². The standard InChI is InChI=1S/C28H26N2O6/c1-4-33-23-12-9-17(14-25(23)34-5-2)26-21-11-10-20(15-24(21)36-27(30)22(26)16-29)35-28(31)18-7-6-8-19(13-18)32-3/h6-15,26H,4-5,30H2,1-3H3. The lowest BCUT2D eigenvalue weighted by molar-refractivity contribution is 0.0734. The van der Waals surface area contributed by atoms with Gasteiger partial charge in [-0.1, -0.05) is 18.2 Å². The number of allylic oxidation sites excluding steroid dienone is 1. The van der Waals surface area contributed by atoms with E-state index in [0.29, 0.717) is 47.3 Å². The number of benzene rings is 3. The Morgan fingerprint density at radius 3 is 2.50 bits per heavy atom. The molecule has 0 amide bonds. The first-order valence-corrected chi connectivity index (χ1v) is 11.5. The summed E-state index contributed by atoms with van der Waals surface area (Å²) in [5.41, 5.74) is 8.24. The second kappa shape index (κ2) is 10.7. The van der Waals surface area contributed by atoms with Gasteiger partial charge in [-0.3, -0.25) is 0 Å². The molecule has 0 aromatic heterocycles. The smallest absolute Gasteiger partial charge is 0.343 e. The number of nitrogens with two attached hydrogens (primary N) is 1. The Labute approximate surface area is 209 Å². The molecule has 0 saturated carbocycles. The van der Waals surface area contributed by atoms with Crippen molar-refractivity contribution in [1.82, 2.24) is 0 Å². The predicted molar refractivity (Wildman–Crippen MR) is 132 cm³/mol. The molecule has 1 heterocycles. The van der Waals surface area contributed by atoms with Crippen molar-refractivity contribution in [3.05, 3.63) is 88.8 Å². The van der Waals surface area contributed by atoms with Gasteiger partial charge in [0.25, 0.3) is 0 Å². The average Bonchev–Trinajstić information content (AvgIpc) is 2.89. The van der Waals surface area contributed by atoms with Crippen molar-refractivity contribution < 1.29 is 28.5 Å². The fourth-order valence-corrected chi connectivity index (χ4v) is 4.01. The van der Waals surface area contributed by atoms with E-state index in [1.807, 2.05) is 32.0 Å². The summed E-state index contributed by atoms with van der Waals surface area (Å²) < 4.78 is 27.9. The summed E-state index contributed by atoms with van der Waals surface area (Å²) in [5, 5.41) is 9.87. The first-order valence-electron chi connectivity index (χ1n) is 11.5. The minimum Gasteiger partial charge on any atom is -0.497 e. The molecule has 0 radical (unpaired) electrons. The minimum absolute atomic E-state index is 0.0156. The molecular formula is C28H26N2O6. The molecule has 4 rings (SSSR count). The van der Waals surface area contributed by atoms with Gasteiger partial charge in [0.2, 0.25) is 5.88 Å². The number of carbonyl (C=O) groups excluding carboxylic acids is 1. The average molecular weight is 487 g/mol. The van der Waals surface area contributed by atoms with Gasteiger partial charge in [0.05, 0.1) is 31.8 Å². The van der Waals surface area contributed by atoms with Gasteiger partial charge < -0.3 is 29.4 Å². The maximum Gasteiger partial charge on any atom is 0.343 e. The third-order valence-electron chi connectivity index (χ3n) is 5.61. The van der Waals surface area contributed by atoms with Crippen molar-refractivity contribution in [2.45, 2.75) is 19.8 Å². The highest BCUT2D eigenvalue weighted by Gasteiger charge is 2.32. The molecule has 0 saturated heterocycles. The van der Waals surface area contributed by atoms with E-state index in [2.05, 4.69) is 6.07 Å². The van der Waals surface area contributed by atoms with Gasteiger partial charge in [0.1, 0.15) is 28.9 Å². The molecule has 1 unspecified atom stereocenters. The van der Waals surface area contributed by atoms with Crippen LogP contribution in [0.3, 0.4) is 0 Å². The zero-order valence-electron chi connectivity index (χ0n) is 20.2. The number of nitrogens with zero attached hydrogens (tertiary/aromatic N) is 1. The van der Waals surface area contributed by atoms with Crippen LogP contribution in [0.15, 0.2) is 72.1 Å². The number of nitriles is 1. The lowest BCUT2D eigenvalue weighted by Gasteiger charge is -2.27. The maximum atomic E-state index is 12.7. The van der Waals surface area contributed by atoms with Crippen molar-refractivity contribution in [2.24, 2.45) is 5.73 Å². The highest BCUT2D eigenvalue weighted by molar-refractivity contribution is 5.91. The monoisotopic (exact) mass is 486 g/mol. The summed E-state index contributed by atoms with van der Waals surface area (Å²) in [4.78, 5) is 12.7. The van der Waals surface area contributed by atoms with E-state index >= 15 is 0 Å². The largest absolute Gasteiger partial charge is 0.497 e. The molecule has 2 N–H and O–H groups in total. The van der Waals surface area contributed by atoms with Crippen LogP contribution in [0.4, 0.5) is 0 Å². The fraction of sp³-hybridized carbons (Fsp3) is 0.214. The molecule has 0 aliphatic carbocycles. The number of hydrogen-bond donors (Lipinski definition) is 1. The Hall–Kier alpha value is -4.64. The van der Waals surface area contributed by atoms with Crippen molar-refractivity contribution in [3.63, 3.8) is 0 Å². The molecule has 8 nitrogen and oxygen atoms in total. The van der Waals surface area contributed by atoms with Gasteiger partial charge in [-0.05, 0) is 55.8 Å². The van der Waals surface area contributed by atoms with Crippen LogP contribution >= 0.6 is 0 Å². The number of ether oxygens (including phenoxy) is 5. The number of fused-ring (bicyclic) bond motifs is 1. The summed E-state index contributed by atoms with van der Waals surface area (Å²) in [5.74, 6) is 1.33. The molecule has 36 heavy (non-hydrogen) atoms. The number of methoxy groups -OCH3 is 1. The molecule has 1 aliphatic heterocycles. The van der Waals surface area contributed by atoms with E-state index in [9.17, 15) is 10.1 Å². The van der Waals surface area contributed by atoms with Crippen molar-refractivity contribution >= 4 is 5.97 Å². The highest BCUT2D eigenvalue weighted by Crippen LogP contribution is 2.45. The van der Waals surface area contributed by atoms with Crippen LogP contribution in [0.2, 0.25) is 0 Å². The van der Waals surface area contributed by atoms with Crippen LogP contribution in [0.5, 0.6) is 28.7 Å². The number of carbonyl (C=O) groups is 1. The van der Waals surface area contributed by atoms with Gasteiger partial charge >= 0.3 is 5.97 Å². The van der Waals surface area contributed by atoms with Gasteiger partial charge in [-0.25, -0.2) is 4.79 Å². The topological polar surface area (TPSA) is 113 Å². The first kappa shape index (κ1) is 24.5. The second-order valence-corrected chi connectivity index (χ2v) is 7.82. The van der Waals surface area contributed by atoms with Gasteiger partial charge in [0.15, 0.2) is 11.5 Å². The lowest BCUT2D eigenvalue weighted by Crippen LogP contribution is -2.21. The van der Waals surface area contributed by atoms with Crippen LogP contribution in [0, 0.1) is 11.3 Å². The molecule has 8 heteroatoms. The zero-order valence-corrected chi connectivity index (χ0v) is 20.2. The fourth-order valence-electron chi connectivity index (χ4n) is 4.01. The zero-order chi connectivity index (χ0) is 25.7. The predicted octanol–water partition coefficient (Wildman–Crippen LogP) is 4.93. The summed E-state index contributed by atoms with van der Waals surface area (Å²) in [7, 11) is 1.52. The first-order chi connectivity index (χ1) is 17.5. The number of esters is 1. The summed E-state index contributed by atoms with van der Waals surface area (Å²) in [6.07, 6.45) is 0. The van der Waals surface area contributed by atoms with E-state index in [1.54, 1.807) is 42.5 Å². The van der Waals surface area contributed by atoms with Crippen molar-refractivity contribution in [3.8, 4) is 34.8 Å². The second-order valence-electron chi connectivity index (χ2n) is 7.82. The highest BCUT2D eigenvalue weighted by atomic mass is 16.5. The Balaban J connectivity index is 1.69. The number of rotatable bonds is 8. The van der Waals surface area contributed by atoms with Crippen LogP contribution < -0.4 is 29.4 Å². The van der Waals surface area contributed by atoms with E-state index in [4.69, 9.17) is 29.4 Å².